The molecular weight excluding hydrogens is 272 g/mol. The highest BCUT2D eigenvalue weighted by atomic mass is 16.5. The monoisotopic (exact) mass is 302 g/mol. The van der Waals surface area contributed by atoms with E-state index in [4.69, 9.17) is 4.74 Å². The molecule has 2 fully saturated rings. The van der Waals surface area contributed by atoms with Gasteiger partial charge in [-0.2, -0.15) is 0 Å². The molecule has 0 unspecified atom stereocenters. The zero-order valence-electron chi connectivity index (χ0n) is 14.0. The van der Waals surface area contributed by atoms with Crippen LogP contribution in [-0.2, 0) is 4.74 Å². The topological polar surface area (TPSA) is 15.7 Å². The molecule has 0 bridgehead atoms. The summed E-state index contributed by atoms with van der Waals surface area (Å²) in [7, 11) is 0. The predicted octanol–water partition coefficient (Wildman–Crippen LogP) is 3.50. The number of para-hydroxylation sites is 1. The molecular formula is C19H30N2O. The first-order valence-corrected chi connectivity index (χ1v) is 9.02. The standard InChI is InChI=1S/C19H30N2O/c1-2-22-16-15-20-11-13-21(14-12-20)19-10-6-5-9-18(19)17-7-3-4-8-17/h5-6,9-10,17H,2-4,7-8,11-16H2,1H3. The Hall–Kier alpha value is -1.06. The first-order chi connectivity index (χ1) is 10.9. The number of benzene rings is 1. The lowest BCUT2D eigenvalue weighted by Crippen LogP contribution is -2.47. The summed E-state index contributed by atoms with van der Waals surface area (Å²) in [6.45, 7) is 9.46. The Labute approximate surface area is 135 Å². The van der Waals surface area contributed by atoms with E-state index in [2.05, 4.69) is 41.0 Å². The first-order valence-electron chi connectivity index (χ1n) is 9.02. The lowest BCUT2D eigenvalue weighted by Gasteiger charge is -2.37. The van der Waals surface area contributed by atoms with Crippen LogP contribution in [0.15, 0.2) is 24.3 Å². The van der Waals surface area contributed by atoms with Gasteiger partial charge in [0.25, 0.3) is 0 Å². The molecule has 0 amide bonds. The lowest BCUT2D eigenvalue weighted by molar-refractivity contribution is 0.111. The molecule has 3 rings (SSSR count). The summed E-state index contributed by atoms with van der Waals surface area (Å²) < 4.78 is 5.48. The molecule has 1 aliphatic carbocycles. The minimum Gasteiger partial charge on any atom is -0.380 e. The summed E-state index contributed by atoms with van der Waals surface area (Å²) in [5, 5.41) is 0. The summed E-state index contributed by atoms with van der Waals surface area (Å²) in [6, 6.07) is 9.13. The molecule has 3 heteroatoms. The van der Waals surface area contributed by atoms with Crippen LogP contribution in [0, 0.1) is 0 Å². The van der Waals surface area contributed by atoms with Gasteiger partial charge in [0.1, 0.15) is 0 Å². The Balaban J connectivity index is 1.59. The number of hydrogen-bond acceptors (Lipinski definition) is 3. The Morgan fingerprint density at radius 1 is 1.05 bits per heavy atom. The zero-order chi connectivity index (χ0) is 15.2. The van der Waals surface area contributed by atoms with Crippen molar-refractivity contribution in [2.24, 2.45) is 0 Å². The molecule has 0 N–H and O–H groups in total. The first kappa shape index (κ1) is 15.8. The molecule has 1 saturated heterocycles. The second kappa shape index (κ2) is 7.98. The van der Waals surface area contributed by atoms with E-state index in [0.29, 0.717) is 0 Å². The number of rotatable bonds is 6. The van der Waals surface area contributed by atoms with E-state index in [1.165, 1.54) is 31.4 Å². The molecule has 1 aromatic rings. The van der Waals surface area contributed by atoms with Crippen LogP contribution in [0.3, 0.4) is 0 Å². The third-order valence-corrected chi connectivity index (χ3v) is 5.20. The van der Waals surface area contributed by atoms with Crippen LogP contribution in [0.25, 0.3) is 0 Å². The fourth-order valence-corrected chi connectivity index (χ4v) is 3.91. The minimum atomic E-state index is 0.798. The van der Waals surface area contributed by atoms with Crippen LogP contribution < -0.4 is 4.90 Å². The Kier molecular flexibility index (Phi) is 5.74. The molecule has 0 radical (unpaired) electrons. The van der Waals surface area contributed by atoms with Gasteiger partial charge in [0, 0.05) is 45.0 Å². The second-order valence-corrected chi connectivity index (χ2v) is 6.57. The average Bonchev–Trinajstić information content (AvgIpc) is 3.10. The van der Waals surface area contributed by atoms with Gasteiger partial charge < -0.3 is 9.64 Å². The van der Waals surface area contributed by atoms with E-state index in [9.17, 15) is 0 Å². The molecule has 0 atom stereocenters. The number of ether oxygens (including phenoxy) is 1. The van der Waals surface area contributed by atoms with Gasteiger partial charge in [-0.05, 0) is 37.3 Å². The summed E-state index contributed by atoms with van der Waals surface area (Å²) in [4.78, 5) is 5.13. The molecule has 1 aromatic carbocycles. The summed E-state index contributed by atoms with van der Waals surface area (Å²) >= 11 is 0. The van der Waals surface area contributed by atoms with Gasteiger partial charge in [-0.15, -0.1) is 0 Å². The fourth-order valence-electron chi connectivity index (χ4n) is 3.91. The maximum absolute atomic E-state index is 5.48. The molecule has 3 nitrogen and oxygen atoms in total. The summed E-state index contributed by atoms with van der Waals surface area (Å²) in [5.41, 5.74) is 3.10. The van der Waals surface area contributed by atoms with E-state index in [1.54, 1.807) is 5.56 Å². The van der Waals surface area contributed by atoms with E-state index in [0.717, 1.165) is 51.9 Å². The normalized spacial score (nSPS) is 20.7. The van der Waals surface area contributed by atoms with Gasteiger partial charge in [-0.25, -0.2) is 0 Å². The molecule has 0 aromatic heterocycles. The van der Waals surface area contributed by atoms with Crippen molar-refractivity contribution in [3.05, 3.63) is 29.8 Å². The van der Waals surface area contributed by atoms with Crippen LogP contribution in [0.5, 0.6) is 0 Å². The van der Waals surface area contributed by atoms with Crippen molar-refractivity contribution in [1.29, 1.82) is 0 Å². The van der Waals surface area contributed by atoms with E-state index in [1.807, 2.05) is 0 Å². The maximum atomic E-state index is 5.48. The van der Waals surface area contributed by atoms with Crippen LogP contribution in [-0.4, -0.2) is 50.8 Å². The highest BCUT2D eigenvalue weighted by Gasteiger charge is 2.24. The quantitative estimate of drug-likeness (QED) is 0.748. The molecule has 0 spiro atoms. The zero-order valence-corrected chi connectivity index (χ0v) is 14.0. The van der Waals surface area contributed by atoms with Crippen LogP contribution in [0.4, 0.5) is 5.69 Å². The minimum absolute atomic E-state index is 0.798. The van der Waals surface area contributed by atoms with Crippen molar-refractivity contribution < 1.29 is 4.74 Å². The molecule has 122 valence electrons. The predicted molar refractivity (Wildman–Crippen MR) is 92.8 cm³/mol. The van der Waals surface area contributed by atoms with Crippen molar-refractivity contribution in [3.8, 4) is 0 Å². The highest BCUT2D eigenvalue weighted by molar-refractivity contribution is 5.55. The van der Waals surface area contributed by atoms with Gasteiger partial charge in [0.05, 0.1) is 6.61 Å². The van der Waals surface area contributed by atoms with Gasteiger partial charge in [-0.1, -0.05) is 31.0 Å². The summed E-state index contributed by atoms with van der Waals surface area (Å²) in [6.07, 6.45) is 5.57. The van der Waals surface area contributed by atoms with E-state index >= 15 is 0 Å². The van der Waals surface area contributed by atoms with E-state index < -0.39 is 0 Å². The third-order valence-electron chi connectivity index (χ3n) is 5.20. The van der Waals surface area contributed by atoms with Crippen molar-refractivity contribution >= 4 is 5.69 Å². The highest BCUT2D eigenvalue weighted by Crippen LogP contribution is 2.39. The van der Waals surface area contributed by atoms with Crippen molar-refractivity contribution in [1.82, 2.24) is 4.90 Å². The second-order valence-electron chi connectivity index (χ2n) is 6.57. The van der Waals surface area contributed by atoms with Gasteiger partial charge in [0.15, 0.2) is 0 Å². The van der Waals surface area contributed by atoms with Gasteiger partial charge in [0.2, 0.25) is 0 Å². The Bertz CT molecular complexity index is 449. The SMILES string of the molecule is CCOCCN1CCN(c2ccccc2C2CCCC2)CC1. The molecule has 22 heavy (non-hydrogen) atoms. The van der Waals surface area contributed by atoms with Crippen molar-refractivity contribution in [2.45, 2.75) is 38.5 Å². The maximum Gasteiger partial charge on any atom is 0.0593 e. The lowest BCUT2D eigenvalue weighted by atomic mass is 9.95. The van der Waals surface area contributed by atoms with Crippen LogP contribution in [0.2, 0.25) is 0 Å². The van der Waals surface area contributed by atoms with Crippen molar-refractivity contribution in [2.75, 3.05) is 50.8 Å². The number of hydrogen-bond donors (Lipinski definition) is 0. The fraction of sp³-hybridized carbons (Fsp3) is 0.684. The Morgan fingerprint density at radius 2 is 1.77 bits per heavy atom. The van der Waals surface area contributed by atoms with Gasteiger partial charge in [-0.3, -0.25) is 4.90 Å². The number of piperazine rings is 1. The van der Waals surface area contributed by atoms with Crippen LogP contribution in [0.1, 0.15) is 44.1 Å². The number of nitrogens with zero attached hydrogens (tertiary/aromatic N) is 2. The summed E-state index contributed by atoms with van der Waals surface area (Å²) in [5.74, 6) is 0.798. The number of anilines is 1. The average molecular weight is 302 g/mol. The van der Waals surface area contributed by atoms with Gasteiger partial charge >= 0.3 is 0 Å². The largest absolute Gasteiger partial charge is 0.380 e. The smallest absolute Gasteiger partial charge is 0.0593 e. The van der Waals surface area contributed by atoms with Crippen LogP contribution >= 0.6 is 0 Å². The van der Waals surface area contributed by atoms with Crippen molar-refractivity contribution in [3.63, 3.8) is 0 Å². The van der Waals surface area contributed by atoms with E-state index in [-0.39, 0.29) is 0 Å². The molecule has 1 heterocycles. The molecule has 2 aliphatic rings. The molecule has 1 aliphatic heterocycles. The Morgan fingerprint density at radius 3 is 2.50 bits per heavy atom. The molecule has 1 saturated carbocycles. The third kappa shape index (κ3) is 3.82.